The Balaban J connectivity index is 1.78. The van der Waals surface area contributed by atoms with E-state index in [1.54, 1.807) is 11.3 Å². The van der Waals surface area contributed by atoms with Gasteiger partial charge in [0.15, 0.2) is 5.11 Å². The quantitative estimate of drug-likeness (QED) is 0.604. The molecule has 1 aromatic carbocycles. The van der Waals surface area contributed by atoms with Gasteiger partial charge in [0.2, 0.25) is 0 Å². The molecule has 4 nitrogen and oxygen atoms in total. The van der Waals surface area contributed by atoms with E-state index in [1.165, 1.54) is 0 Å². The summed E-state index contributed by atoms with van der Waals surface area (Å²) in [5.74, 6) is 0. The average molecular weight is 415 g/mol. The molecule has 4 rings (SSSR count). The third-order valence-electron chi connectivity index (χ3n) is 4.63. The molecule has 0 unspecified atom stereocenters. The van der Waals surface area contributed by atoms with Crippen molar-refractivity contribution in [2.75, 3.05) is 23.9 Å². The van der Waals surface area contributed by atoms with Crippen molar-refractivity contribution in [1.82, 2.24) is 10.3 Å². The molecule has 7 heteroatoms. The molecular formula is C20H19ClN4S2. The third kappa shape index (κ3) is 3.52. The zero-order valence-electron chi connectivity index (χ0n) is 15.0. The molecule has 0 bridgehead atoms. The number of aromatic nitrogens is 1. The smallest absolute Gasteiger partial charge is 0.174 e. The summed E-state index contributed by atoms with van der Waals surface area (Å²) < 4.78 is 0.769. The fourth-order valence-corrected chi connectivity index (χ4v) is 4.86. The van der Waals surface area contributed by atoms with Crippen molar-refractivity contribution in [3.05, 3.63) is 75.7 Å². The van der Waals surface area contributed by atoms with E-state index in [0.29, 0.717) is 5.11 Å². The van der Waals surface area contributed by atoms with Crippen molar-refractivity contribution in [3.63, 3.8) is 0 Å². The van der Waals surface area contributed by atoms with Crippen LogP contribution in [0.3, 0.4) is 0 Å². The van der Waals surface area contributed by atoms with Crippen molar-refractivity contribution >= 4 is 51.6 Å². The number of nitrogens with one attached hydrogen (secondary N) is 1. The SMILES string of the molecule is CN(C)c1ccc(N2C(=S)N[C@H](c3ccccn3)[C@@H]2c2ccc(Cl)s2)cc1. The van der Waals surface area contributed by atoms with Gasteiger partial charge < -0.3 is 15.1 Å². The largest absolute Gasteiger partial charge is 0.378 e. The monoisotopic (exact) mass is 414 g/mol. The zero-order chi connectivity index (χ0) is 19.0. The molecule has 138 valence electrons. The van der Waals surface area contributed by atoms with Crippen molar-refractivity contribution in [2.45, 2.75) is 12.1 Å². The summed E-state index contributed by atoms with van der Waals surface area (Å²) in [6, 6.07) is 18.3. The van der Waals surface area contributed by atoms with Crippen LogP contribution in [0, 0.1) is 0 Å². The maximum Gasteiger partial charge on any atom is 0.174 e. The van der Waals surface area contributed by atoms with Gasteiger partial charge in [-0.15, -0.1) is 11.3 Å². The fourth-order valence-electron chi connectivity index (χ4n) is 3.32. The van der Waals surface area contributed by atoms with Crippen molar-refractivity contribution in [1.29, 1.82) is 0 Å². The van der Waals surface area contributed by atoms with Gasteiger partial charge in [-0.05, 0) is 60.7 Å². The Kier molecular flexibility index (Phi) is 5.04. The van der Waals surface area contributed by atoms with Gasteiger partial charge >= 0.3 is 0 Å². The second-order valence-electron chi connectivity index (χ2n) is 6.55. The number of anilines is 2. The predicted molar refractivity (Wildman–Crippen MR) is 118 cm³/mol. The molecule has 0 spiro atoms. The maximum atomic E-state index is 6.24. The molecule has 0 saturated carbocycles. The van der Waals surface area contributed by atoms with E-state index in [4.69, 9.17) is 23.8 Å². The summed E-state index contributed by atoms with van der Waals surface area (Å²) >= 11 is 13.5. The van der Waals surface area contributed by atoms with Gasteiger partial charge in [-0.1, -0.05) is 17.7 Å². The van der Waals surface area contributed by atoms with Gasteiger partial charge in [-0.3, -0.25) is 4.98 Å². The number of thiophene rings is 1. The lowest BCUT2D eigenvalue weighted by Gasteiger charge is -2.27. The van der Waals surface area contributed by atoms with Crippen LogP contribution in [0.4, 0.5) is 11.4 Å². The number of pyridine rings is 1. The third-order valence-corrected chi connectivity index (χ3v) is 6.24. The molecular weight excluding hydrogens is 396 g/mol. The van der Waals surface area contributed by atoms with Crippen LogP contribution in [0.25, 0.3) is 0 Å². The minimum Gasteiger partial charge on any atom is -0.378 e. The molecule has 0 amide bonds. The van der Waals surface area contributed by atoms with Crippen LogP contribution in [0.5, 0.6) is 0 Å². The Morgan fingerprint density at radius 2 is 1.89 bits per heavy atom. The number of hydrogen-bond acceptors (Lipinski definition) is 4. The molecule has 2 atom stereocenters. The average Bonchev–Trinajstić information content (AvgIpc) is 3.25. The maximum absolute atomic E-state index is 6.24. The Labute approximate surface area is 173 Å². The van der Waals surface area contributed by atoms with Crippen molar-refractivity contribution < 1.29 is 0 Å². The van der Waals surface area contributed by atoms with Gasteiger partial charge in [0.05, 0.1) is 22.1 Å². The summed E-state index contributed by atoms with van der Waals surface area (Å²) in [7, 11) is 4.06. The van der Waals surface area contributed by atoms with Crippen LogP contribution in [-0.4, -0.2) is 24.2 Å². The summed E-state index contributed by atoms with van der Waals surface area (Å²) in [5.41, 5.74) is 3.15. The van der Waals surface area contributed by atoms with Crippen LogP contribution in [0.15, 0.2) is 60.8 Å². The van der Waals surface area contributed by atoms with Crippen molar-refractivity contribution in [3.8, 4) is 0 Å². The van der Waals surface area contributed by atoms with Gasteiger partial charge in [0.1, 0.15) is 0 Å². The Morgan fingerprint density at radius 3 is 2.48 bits per heavy atom. The Hall–Kier alpha value is -2.15. The standard InChI is InChI=1S/C20H19ClN4S2/c1-24(2)13-6-8-14(9-7-13)25-19(16-10-11-17(21)27-16)18(23-20(25)26)15-5-3-4-12-22-15/h3-12,18-19H,1-2H3,(H,23,26)/t18-,19+/m1/s1. The molecule has 0 radical (unpaired) electrons. The van der Waals surface area contributed by atoms with Gasteiger partial charge in [0.25, 0.3) is 0 Å². The molecule has 2 aromatic heterocycles. The second-order valence-corrected chi connectivity index (χ2v) is 8.68. The van der Waals surface area contributed by atoms with Gasteiger partial charge in [-0.2, -0.15) is 0 Å². The molecule has 1 N–H and O–H groups in total. The summed E-state index contributed by atoms with van der Waals surface area (Å²) in [5, 5.41) is 4.15. The van der Waals surface area contributed by atoms with Crippen LogP contribution in [0.2, 0.25) is 4.34 Å². The first-order valence-corrected chi connectivity index (χ1v) is 10.2. The Bertz CT molecular complexity index is 940. The number of hydrogen-bond donors (Lipinski definition) is 1. The first-order valence-electron chi connectivity index (χ1n) is 8.58. The lowest BCUT2D eigenvalue weighted by Crippen LogP contribution is -2.29. The van der Waals surface area contributed by atoms with E-state index in [1.807, 2.05) is 44.6 Å². The van der Waals surface area contributed by atoms with E-state index >= 15 is 0 Å². The van der Waals surface area contributed by atoms with E-state index in [-0.39, 0.29) is 12.1 Å². The topological polar surface area (TPSA) is 31.4 Å². The number of rotatable bonds is 4. The first kappa shape index (κ1) is 18.2. The lowest BCUT2D eigenvalue weighted by molar-refractivity contribution is 0.575. The van der Waals surface area contributed by atoms with E-state index in [9.17, 15) is 0 Å². The highest BCUT2D eigenvalue weighted by Crippen LogP contribution is 2.44. The molecule has 1 fully saturated rings. The predicted octanol–water partition coefficient (Wildman–Crippen LogP) is 5.04. The van der Waals surface area contributed by atoms with Crippen molar-refractivity contribution in [2.24, 2.45) is 0 Å². The van der Waals surface area contributed by atoms with E-state index in [0.717, 1.165) is 26.3 Å². The number of nitrogens with zero attached hydrogens (tertiary/aromatic N) is 3. The van der Waals surface area contributed by atoms with Crippen LogP contribution in [0.1, 0.15) is 22.7 Å². The molecule has 1 saturated heterocycles. The normalized spacial score (nSPS) is 19.2. The molecule has 3 aromatic rings. The molecule has 1 aliphatic heterocycles. The lowest BCUT2D eigenvalue weighted by atomic mass is 10.0. The van der Waals surface area contributed by atoms with E-state index < -0.39 is 0 Å². The number of benzene rings is 1. The first-order chi connectivity index (χ1) is 13.0. The minimum atomic E-state index is -0.0399. The highest BCUT2D eigenvalue weighted by molar-refractivity contribution is 7.80. The summed E-state index contributed by atoms with van der Waals surface area (Å²) in [6.45, 7) is 0. The Morgan fingerprint density at radius 1 is 1.11 bits per heavy atom. The molecule has 27 heavy (non-hydrogen) atoms. The highest BCUT2D eigenvalue weighted by atomic mass is 35.5. The van der Waals surface area contributed by atoms with Crippen LogP contribution in [-0.2, 0) is 0 Å². The minimum absolute atomic E-state index is 0.00453. The molecule has 1 aliphatic rings. The van der Waals surface area contributed by atoms with Gasteiger partial charge in [-0.25, -0.2) is 0 Å². The summed E-state index contributed by atoms with van der Waals surface area (Å²) in [6.07, 6.45) is 1.81. The van der Waals surface area contributed by atoms with Crippen LogP contribution >= 0.6 is 35.2 Å². The number of halogens is 1. The van der Waals surface area contributed by atoms with E-state index in [2.05, 4.69) is 50.4 Å². The summed E-state index contributed by atoms with van der Waals surface area (Å²) in [4.78, 5) is 9.96. The van der Waals surface area contributed by atoms with Crippen LogP contribution < -0.4 is 15.1 Å². The molecule has 0 aliphatic carbocycles. The fraction of sp³-hybridized carbons (Fsp3) is 0.200. The molecule has 3 heterocycles. The zero-order valence-corrected chi connectivity index (χ0v) is 17.4. The number of thiocarbonyl (C=S) groups is 1. The second kappa shape index (κ2) is 7.46. The van der Waals surface area contributed by atoms with Gasteiger partial charge in [0, 0.05) is 36.5 Å². The highest BCUT2D eigenvalue weighted by Gasteiger charge is 2.41.